The van der Waals surface area contributed by atoms with E-state index < -0.39 is 5.60 Å². The molecule has 1 fully saturated rings. The second kappa shape index (κ2) is 5.93. The van der Waals surface area contributed by atoms with Crippen LogP contribution in [-0.2, 0) is 6.54 Å². The maximum absolute atomic E-state index is 11.7. The summed E-state index contributed by atoms with van der Waals surface area (Å²) in [6, 6.07) is 7.42. The van der Waals surface area contributed by atoms with E-state index in [1.807, 2.05) is 18.2 Å². The second-order valence-corrected chi connectivity index (χ2v) is 5.65. The number of nitrogens with one attached hydrogen (secondary N) is 3. The number of aromatic amines is 1. The molecule has 0 spiro atoms. The molecule has 2 aromatic rings. The Morgan fingerprint density at radius 1 is 1.33 bits per heavy atom. The Morgan fingerprint density at radius 3 is 2.90 bits per heavy atom. The maximum Gasteiger partial charge on any atom is 0.272 e. The van der Waals surface area contributed by atoms with Crippen molar-refractivity contribution in [3.05, 3.63) is 40.3 Å². The standard InChI is InChI=1S/C15H20N4O2/c20-14-12-5-2-1-4-11(12)13(18-19-14)8-17-10-15(21)6-3-7-16-9-15/h1-2,4-5,16-17,21H,3,6-10H2,(H,19,20). The molecule has 1 unspecified atom stereocenters. The Morgan fingerprint density at radius 2 is 2.14 bits per heavy atom. The van der Waals surface area contributed by atoms with E-state index in [9.17, 15) is 9.90 Å². The minimum Gasteiger partial charge on any atom is -0.387 e. The summed E-state index contributed by atoms with van der Waals surface area (Å²) in [6.45, 7) is 2.60. The third kappa shape index (κ3) is 3.12. The molecule has 0 saturated carbocycles. The zero-order valence-corrected chi connectivity index (χ0v) is 11.9. The number of aromatic nitrogens is 2. The van der Waals surface area contributed by atoms with Gasteiger partial charge in [-0.25, -0.2) is 5.10 Å². The van der Waals surface area contributed by atoms with Gasteiger partial charge in [0.1, 0.15) is 0 Å². The normalized spacial score (nSPS) is 22.5. The van der Waals surface area contributed by atoms with E-state index in [2.05, 4.69) is 20.8 Å². The summed E-state index contributed by atoms with van der Waals surface area (Å²) < 4.78 is 0. The van der Waals surface area contributed by atoms with Crippen molar-refractivity contribution < 1.29 is 5.11 Å². The van der Waals surface area contributed by atoms with Crippen LogP contribution < -0.4 is 16.2 Å². The van der Waals surface area contributed by atoms with Crippen molar-refractivity contribution in [1.82, 2.24) is 20.8 Å². The predicted octanol–water partition coefficient (Wildman–Crippen LogP) is 0.127. The highest BCUT2D eigenvalue weighted by atomic mass is 16.3. The summed E-state index contributed by atoms with van der Waals surface area (Å²) >= 11 is 0. The van der Waals surface area contributed by atoms with Crippen LogP contribution in [0.1, 0.15) is 18.5 Å². The van der Waals surface area contributed by atoms with Crippen LogP contribution in [0.3, 0.4) is 0 Å². The number of β-amino-alcohol motifs (C(OH)–C–C–N with tert-alkyl or cyclic N) is 1. The molecule has 3 rings (SSSR count). The molecule has 1 aliphatic rings. The summed E-state index contributed by atoms with van der Waals surface area (Å²) in [4.78, 5) is 11.7. The zero-order chi connectivity index (χ0) is 14.7. The molecule has 0 amide bonds. The molecular weight excluding hydrogens is 268 g/mol. The van der Waals surface area contributed by atoms with E-state index in [1.54, 1.807) is 6.07 Å². The van der Waals surface area contributed by atoms with Crippen molar-refractivity contribution in [3.8, 4) is 0 Å². The summed E-state index contributed by atoms with van der Waals surface area (Å²) in [5.41, 5.74) is -0.0852. The van der Waals surface area contributed by atoms with Gasteiger partial charge in [-0.3, -0.25) is 4.79 Å². The average molecular weight is 288 g/mol. The fraction of sp³-hybridized carbons (Fsp3) is 0.467. The first-order chi connectivity index (χ1) is 10.2. The Labute approximate surface area is 122 Å². The number of rotatable bonds is 4. The van der Waals surface area contributed by atoms with E-state index in [0.717, 1.165) is 30.5 Å². The van der Waals surface area contributed by atoms with Crippen molar-refractivity contribution in [2.45, 2.75) is 25.0 Å². The first-order valence-electron chi connectivity index (χ1n) is 7.28. The number of H-pyrrole nitrogens is 1. The highest BCUT2D eigenvalue weighted by Crippen LogP contribution is 2.16. The first-order valence-corrected chi connectivity index (χ1v) is 7.28. The minimum atomic E-state index is -0.698. The van der Waals surface area contributed by atoms with Gasteiger partial charge in [0.2, 0.25) is 0 Å². The number of piperidine rings is 1. The molecule has 1 aromatic heterocycles. The summed E-state index contributed by atoms with van der Waals surface area (Å²) in [5, 5.41) is 25.0. The van der Waals surface area contributed by atoms with E-state index in [-0.39, 0.29) is 5.56 Å². The van der Waals surface area contributed by atoms with Crippen molar-refractivity contribution in [2.24, 2.45) is 0 Å². The van der Waals surface area contributed by atoms with Gasteiger partial charge in [-0.1, -0.05) is 18.2 Å². The van der Waals surface area contributed by atoms with E-state index in [0.29, 0.717) is 25.0 Å². The number of aliphatic hydroxyl groups is 1. The number of hydrogen-bond acceptors (Lipinski definition) is 5. The van der Waals surface area contributed by atoms with E-state index >= 15 is 0 Å². The minimum absolute atomic E-state index is 0.176. The Balaban J connectivity index is 1.71. The quantitative estimate of drug-likeness (QED) is 0.642. The molecule has 0 radical (unpaired) electrons. The Hall–Kier alpha value is -1.76. The van der Waals surface area contributed by atoms with Crippen LogP contribution in [-0.4, -0.2) is 40.5 Å². The molecule has 2 heterocycles. The van der Waals surface area contributed by atoms with Gasteiger partial charge in [0, 0.05) is 25.0 Å². The van der Waals surface area contributed by atoms with Gasteiger partial charge in [0.25, 0.3) is 5.56 Å². The van der Waals surface area contributed by atoms with Gasteiger partial charge < -0.3 is 15.7 Å². The van der Waals surface area contributed by atoms with Crippen LogP contribution in [0.15, 0.2) is 29.1 Å². The number of hydrogen-bond donors (Lipinski definition) is 4. The van der Waals surface area contributed by atoms with Crippen molar-refractivity contribution in [1.29, 1.82) is 0 Å². The van der Waals surface area contributed by atoms with Crippen LogP contribution in [0.5, 0.6) is 0 Å². The molecule has 1 atom stereocenters. The molecule has 1 aromatic carbocycles. The lowest BCUT2D eigenvalue weighted by Crippen LogP contribution is -2.51. The van der Waals surface area contributed by atoms with Crippen molar-refractivity contribution in [3.63, 3.8) is 0 Å². The van der Waals surface area contributed by atoms with Crippen LogP contribution in [0.4, 0.5) is 0 Å². The monoisotopic (exact) mass is 288 g/mol. The fourth-order valence-corrected chi connectivity index (χ4v) is 2.82. The lowest BCUT2D eigenvalue weighted by Gasteiger charge is -2.32. The SMILES string of the molecule is O=c1[nH]nc(CNCC2(O)CCCNC2)c2ccccc12. The first kappa shape index (κ1) is 14.2. The molecule has 0 bridgehead atoms. The number of fused-ring (bicyclic) bond motifs is 1. The molecule has 0 aliphatic carbocycles. The lowest BCUT2D eigenvalue weighted by molar-refractivity contribution is 0.0168. The highest BCUT2D eigenvalue weighted by Gasteiger charge is 2.28. The third-order valence-electron chi connectivity index (χ3n) is 3.97. The van der Waals surface area contributed by atoms with E-state index in [1.165, 1.54) is 0 Å². The summed E-state index contributed by atoms with van der Waals surface area (Å²) in [5.74, 6) is 0. The van der Waals surface area contributed by atoms with Crippen molar-refractivity contribution in [2.75, 3.05) is 19.6 Å². The molecule has 21 heavy (non-hydrogen) atoms. The molecule has 6 nitrogen and oxygen atoms in total. The molecule has 4 N–H and O–H groups in total. The molecule has 1 saturated heterocycles. The van der Waals surface area contributed by atoms with Gasteiger partial charge in [0.15, 0.2) is 0 Å². The predicted molar refractivity (Wildman–Crippen MR) is 81.1 cm³/mol. The largest absolute Gasteiger partial charge is 0.387 e. The van der Waals surface area contributed by atoms with Crippen LogP contribution in [0.2, 0.25) is 0 Å². The van der Waals surface area contributed by atoms with Crippen LogP contribution in [0, 0.1) is 0 Å². The number of benzene rings is 1. The van der Waals surface area contributed by atoms with E-state index in [4.69, 9.17) is 0 Å². The molecule has 6 heteroatoms. The molecule has 1 aliphatic heterocycles. The van der Waals surface area contributed by atoms with Gasteiger partial charge in [-0.15, -0.1) is 0 Å². The van der Waals surface area contributed by atoms with Gasteiger partial charge >= 0.3 is 0 Å². The topological polar surface area (TPSA) is 90.0 Å². The Bertz CT molecular complexity index is 677. The number of nitrogens with zero attached hydrogens (tertiary/aromatic N) is 1. The van der Waals surface area contributed by atoms with Gasteiger partial charge in [-0.05, 0) is 25.5 Å². The van der Waals surface area contributed by atoms with Crippen LogP contribution in [0.25, 0.3) is 10.8 Å². The lowest BCUT2D eigenvalue weighted by atomic mass is 9.94. The third-order valence-corrected chi connectivity index (χ3v) is 3.97. The van der Waals surface area contributed by atoms with Crippen molar-refractivity contribution >= 4 is 10.8 Å². The summed E-state index contributed by atoms with van der Waals surface area (Å²) in [7, 11) is 0. The zero-order valence-electron chi connectivity index (χ0n) is 11.9. The fourth-order valence-electron chi connectivity index (χ4n) is 2.82. The maximum atomic E-state index is 11.7. The van der Waals surface area contributed by atoms with Crippen LogP contribution >= 0.6 is 0 Å². The molecule has 112 valence electrons. The second-order valence-electron chi connectivity index (χ2n) is 5.65. The van der Waals surface area contributed by atoms with Gasteiger partial charge in [-0.2, -0.15) is 5.10 Å². The summed E-state index contributed by atoms with van der Waals surface area (Å²) in [6.07, 6.45) is 1.78. The Kier molecular flexibility index (Phi) is 4.01. The smallest absolute Gasteiger partial charge is 0.272 e. The van der Waals surface area contributed by atoms with Gasteiger partial charge in [0.05, 0.1) is 16.7 Å². The average Bonchev–Trinajstić information content (AvgIpc) is 2.50. The highest BCUT2D eigenvalue weighted by molar-refractivity contribution is 5.83. The molecular formula is C15H20N4O2.